The van der Waals surface area contributed by atoms with Crippen LogP contribution in [-0.2, 0) is 0 Å². The normalized spacial score (nSPS) is 42.0. The van der Waals surface area contributed by atoms with E-state index in [9.17, 15) is 20.2 Å². The molecule has 0 aliphatic carbocycles. The average molecular weight is 335 g/mol. The SMILES string of the molecule is CC1(C)C2([N+](=O)[O-])C[NH+]3CC1([N+](=O)[O-])C[NH+](C2)C3c1cccnc1. The Hall–Kier alpha value is -2.13. The van der Waals surface area contributed by atoms with E-state index in [1.807, 2.05) is 12.1 Å². The summed E-state index contributed by atoms with van der Waals surface area (Å²) in [5.41, 5.74) is -2.52. The Morgan fingerprint density at radius 1 is 1.08 bits per heavy atom. The summed E-state index contributed by atoms with van der Waals surface area (Å²) < 4.78 is 0. The Kier molecular flexibility index (Phi) is 2.88. The van der Waals surface area contributed by atoms with Gasteiger partial charge < -0.3 is 0 Å². The number of nitro groups is 2. The number of piperidine rings is 2. The van der Waals surface area contributed by atoms with Crippen LogP contribution in [0, 0.1) is 25.6 Å². The van der Waals surface area contributed by atoms with Gasteiger partial charge in [0.1, 0.15) is 5.41 Å². The molecule has 0 saturated carbocycles. The molecule has 1 aromatic rings. The summed E-state index contributed by atoms with van der Waals surface area (Å²) in [6.07, 6.45) is 3.45. The molecule has 4 aliphatic heterocycles. The largest absolute Gasteiger partial charge is 0.329 e. The number of nitrogens with zero attached hydrogens (tertiary/aromatic N) is 3. The van der Waals surface area contributed by atoms with Crippen molar-refractivity contribution >= 4 is 0 Å². The lowest BCUT2D eigenvalue weighted by molar-refractivity contribution is -1.20. The highest BCUT2D eigenvalue weighted by Gasteiger charge is 2.87. The zero-order valence-electron chi connectivity index (χ0n) is 13.7. The zero-order valence-corrected chi connectivity index (χ0v) is 13.7. The molecular formula is C15H21N5O4+2. The van der Waals surface area contributed by atoms with Gasteiger partial charge in [-0.3, -0.25) is 35.0 Å². The van der Waals surface area contributed by atoms with E-state index in [1.54, 1.807) is 26.2 Å². The number of pyridine rings is 1. The number of hydrogen-bond donors (Lipinski definition) is 2. The summed E-state index contributed by atoms with van der Waals surface area (Å²) in [5, 5.41) is 24.0. The Morgan fingerprint density at radius 2 is 1.58 bits per heavy atom. The lowest BCUT2D eigenvalue weighted by Crippen LogP contribution is -3.43. The van der Waals surface area contributed by atoms with Gasteiger partial charge in [-0.05, 0) is 26.0 Å². The molecule has 9 heteroatoms. The molecule has 0 atom stereocenters. The Morgan fingerprint density at radius 3 is 1.96 bits per heavy atom. The molecule has 128 valence electrons. The minimum Gasteiger partial charge on any atom is -0.269 e. The molecule has 4 fully saturated rings. The molecule has 0 spiro atoms. The average Bonchev–Trinajstić information content (AvgIpc) is 2.51. The van der Waals surface area contributed by atoms with Gasteiger partial charge in [0.05, 0.1) is 5.56 Å². The van der Waals surface area contributed by atoms with E-state index in [0.717, 1.165) is 15.4 Å². The van der Waals surface area contributed by atoms with E-state index in [2.05, 4.69) is 4.98 Å². The third-order valence-corrected chi connectivity index (χ3v) is 6.94. The number of rotatable bonds is 3. The molecule has 0 radical (unpaired) electrons. The van der Waals surface area contributed by atoms with Gasteiger partial charge >= 0.3 is 11.1 Å². The highest BCUT2D eigenvalue weighted by molar-refractivity contribution is 5.16. The molecule has 0 amide bonds. The smallest absolute Gasteiger partial charge is 0.269 e. The van der Waals surface area contributed by atoms with Crippen LogP contribution in [0.25, 0.3) is 0 Å². The van der Waals surface area contributed by atoms with Gasteiger partial charge in [0.15, 0.2) is 26.2 Å². The van der Waals surface area contributed by atoms with Crippen molar-refractivity contribution in [1.82, 2.24) is 4.98 Å². The second-order valence-electron chi connectivity index (χ2n) is 7.95. The van der Waals surface area contributed by atoms with Crippen molar-refractivity contribution in [2.75, 3.05) is 26.2 Å². The second kappa shape index (κ2) is 4.48. The third-order valence-electron chi connectivity index (χ3n) is 6.94. The first-order chi connectivity index (χ1) is 11.3. The van der Waals surface area contributed by atoms with Crippen LogP contribution in [0.4, 0.5) is 0 Å². The number of nitrogens with one attached hydrogen (secondary N) is 2. The van der Waals surface area contributed by atoms with Gasteiger partial charge in [-0.25, -0.2) is 0 Å². The van der Waals surface area contributed by atoms with Crippen LogP contribution in [0.15, 0.2) is 24.5 Å². The predicted octanol–water partition coefficient (Wildman–Crippen LogP) is -2.05. The Bertz CT molecular complexity index is 670. The quantitative estimate of drug-likeness (QED) is 0.488. The topological polar surface area (TPSA) is 108 Å². The van der Waals surface area contributed by atoms with E-state index < -0.39 is 16.5 Å². The molecule has 24 heavy (non-hydrogen) atoms. The van der Waals surface area contributed by atoms with E-state index in [-0.39, 0.29) is 16.0 Å². The molecule has 2 N–H and O–H groups in total. The van der Waals surface area contributed by atoms with Gasteiger partial charge in [0.25, 0.3) is 0 Å². The molecule has 5 heterocycles. The summed E-state index contributed by atoms with van der Waals surface area (Å²) >= 11 is 0. The van der Waals surface area contributed by atoms with Crippen LogP contribution in [0.1, 0.15) is 25.6 Å². The summed E-state index contributed by atoms with van der Waals surface area (Å²) in [5.74, 6) is 0. The van der Waals surface area contributed by atoms with Crippen LogP contribution < -0.4 is 9.80 Å². The summed E-state index contributed by atoms with van der Waals surface area (Å²) in [6.45, 7) is 4.74. The first-order valence-electron chi connectivity index (χ1n) is 8.13. The molecular weight excluding hydrogens is 314 g/mol. The highest BCUT2D eigenvalue weighted by atomic mass is 16.6. The fraction of sp³-hybridized carbons (Fsp3) is 0.667. The van der Waals surface area contributed by atoms with Crippen molar-refractivity contribution in [3.8, 4) is 0 Å². The number of hydrogen-bond acceptors (Lipinski definition) is 5. The van der Waals surface area contributed by atoms with Crippen LogP contribution in [0.2, 0.25) is 0 Å². The Balaban J connectivity index is 1.86. The predicted molar refractivity (Wildman–Crippen MR) is 81.6 cm³/mol. The lowest BCUT2D eigenvalue weighted by atomic mass is 9.53. The Labute approximate surface area is 138 Å². The first-order valence-corrected chi connectivity index (χ1v) is 8.13. The standard InChI is InChI=1S/C15H19N5O4/c1-13(2)14(19(21)22)7-17-9-15(13,20(23)24)10-18(8-14)12(17)11-4-3-5-16-6-11/h3-6,12H,7-10H2,1-2H3/p+2. The van der Waals surface area contributed by atoms with Gasteiger partial charge in [0.2, 0.25) is 6.17 Å². The highest BCUT2D eigenvalue weighted by Crippen LogP contribution is 2.48. The van der Waals surface area contributed by atoms with Crippen molar-refractivity contribution in [1.29, 1.82) is 0 Å². The second-order valence-corrected chi connectivity index (χ2v) is 7.95. The number of aromatic nitrogens is 1. The summed E-state index contributed by atoms with van der Waals surface area (Å²) in [4.78, 5) is 29.6. The summed E-state index contributed by atoms with van der Waals surface area (Å²) in [7, 11) is 0. The first kappa shape index (κ1) is 15.4. The lowest BCUT2D eigenvalue weighted by Gasteiger charge is -2.60. The van der Waals surface area contributed by atoms with Gasteiger partial charge in [-0.15, -0.1) is 0 Å². The van der Waals surface area contributed by atoms with E-state index in [0.29, 0.717) is 26.2 Å². The van der Waals surface area contributed by atoms with Crippen molar-refractivity contribution < 1.29 is 19.6 Å². The molecule has 9 nitrogen and oxygen atoms in total. The molecule has 0 aromatic carbocycles. The fourth-order valence-electron chi connectivity index (χ4n) is 5.50. The van der Waals surface area contributed by atoms with E-state index >= 15 is 0 Å². The number of quaternary nitrogens is 2. The molecule has 4 aliphatic rings. The maximum absolute atomic E-state index is 12.0. The molecule has 0 unspecified atom stereocenters. The van der Waals surface area contributed by atoms with Crippen LogP contribution in [0.3, 0.4) is 0 Å². The minimum atomic E-state index is -1.26. The van der Waals surface area contributed by atoms with Crippen molar-refractivity contribution in [3.05, 3.63) is 50.3 Å². The third kappa shape index (κ3) is 1.54. The van der Waals surface area contributed by atoms with Crippen LogP contribution in [0.5, 0.6) is 0 Å². The van der Waals surface area contributed by atoms with Crippen molar-refractivity contribution in [2.24, 2.45) is 5.41 Å². The van der Waals surface area contributed by atoms with Crippen LogP contribution >= 0.6 is 0 Å². The molecule has 1 aromatic heterocycles. The van der Waals surface area contributed by atoms with Gasteiger partial charge in [0, 0.05) is 22.2 Å². The van der Waals surface area contributed by atoms with Gasteiger partial charge in [-0.2, -0.15) is 0 Å². The van der Waals surface area contributed by atoms with E-state index in [1.165, 1.54) is 0 Å². The molecule has 5 rings (SSSR count). The van der Waals surface area contributed by atoms with Gasteiger partial charge in [-0.1, -0.05) is 0 Å². The van der Waals surface area contributed by atoms with Crippen molar-refractivity contribution in [2.45, 2.75) is 31.1 Å². The molecule has 4 saturated heterocycles. The maximum atomic E-state index is 12.0. The summed E-state index contributed by atoms with van der Waals surface area (Å²) in [6, 6.07) is 3.81. The zero-order chi connectivity index (χ0) is 17.3. The van der Waals surface area contributed by atoms with E-state index in [4.69, 9.17) is 0 Å². The molecule has 4 bridgehead atoms. The fourth-order valence-corrected chi connectivity index (χ4v) is 5.50. The monoisotopic (exact) mass is 335 g/mol. The van der Waals surface area contributed by atoms with Crippen LogP contribution in [-0.4, -0.2) is 52.1 Å². The minimum absolute atomic E-state index is 0.0176. The maximum Gasteiger partial charge on any atom is 0.329 e. The van der Waals surface area contributed by atoms with Crippen molar-refractivity contribution in [3.63, 3.8) is 0 Å².